The molecule has 1 N–H and O–H groups in total. The summed E-state index contributed by atoms with van der Waals surface area (Å²) in [7, 11) is -3.08. The predicted octanol–water partition coefficient (Wildman–Crippen LogP) is 1.46. The molecule has 0 radical (unpaired) electrons. The maximum atomic E-state index is 12.1. The van der Waals surface area contributed by atoms with Gasteiger partial charge in [-0.25, -0.2) is 8.42 Å². The maximum absolute atomic E-state index is 12.1. The summed E-state index contributed by atoms with van der Waals surface area (Å²) in [6.07, 6.45) is 3.47. The molecule has 7 heteroatoms. The smallest absolute Gasteiger partial charge is 0.262 e. The lowest BCUT2D eigenvalue weighted by Crippen LogP contribution is -2.36. The number of hydrogen-bond acceptors (Lipinski definition) is 5. The maximum Gasteiger partial charge on any atom is 0.262 e. The number of carbonyl (C=O) groups is 1. The molecular formula is C17H18N2O4S. The Morgan fingerprint density at radius 3 is 2.67 bits per heavy atom. The molecule has 1 amide bonds. The number of nitrogens with zero attached hydrogens (tertiary/aromatic N) is 1. The Labute approximate surface area is 141 Å². The van der Waals surface area contributed by atoms with Crippen LogP contribution in [0.2, 0.25) is 0 Å². The van der Waals surface area contributed by atoms with Crippen LogP contribution in [0.15, 0.2) is 42.5 Å². The molecular weight excluding hydrogens is 328 g/mol. The summed E-state index contributed by atoms with van der Waals surface area (Å²) in [4.78, 5) is 12.1. The number of benzene rings is 1. The summed E-state index contributed by atoms with van der Waals surface area (Å²) in [6.45, 7) is 3.96. The molecule has 2 rings (SSSR count). The highest BCUT2D eigenvalue weighted by molar-refractivity contribution is 7.91. The Morgan fingerprint density at radius 2 is 2.12 bits per heavy atom. The highest BCUT2D eigenvalue weighted by atomic mass is 32.2. The average Bonchev–Trinajstić information content (AvgIpc) is 2.90. The Bertz CT molecular complexity index is 789. The van der Waals surface area contributed by atoms with Gasteiger partial charge in [-0.05, 0) is 30.2 Å². The van der Waals surface area contributed by atoms with E-state index >= 15 is 0 Å². The zero-order valence-corrected chi connectivity index (χ0v) is 13.9. The Balaban J connectivity index is 2.04. The van der Waals surface area contributed by atoms with Gasteiger partial charge in [0.2, 0.25) is 0 Å². The number of nitrogens with one attached hydrogen (secondary N) is 1. The van der Waals surface area contributed by atoms with Gasteiger partial charge < -0.3 is 10.1 Å². The molecule has 0 aromatic heterocycles. The highest BCUT2D eigenvalue weighted by Gasteiger charge is 2.29. The molecule has 6 nitrogen and oxygen atoms in total. The van der Waals surface area contributed by atoms with Crippen LogP contribution < -0.4 is 10.1 Å². The minimum absolute atomic E-state index is 0.0652. The van der Waals surface area contributed by atoms with Crippen molar-refractivity contribution in [3.8, 4) is 11.8 Å². The van der Waals surface area contributed by atoms with Crippen molar-refractivity contribution in [1.29, 1.82) is 5.26 Å². The second kappa shape index (κ2) is 7.79. The van der Waals surface area contributed by atoms with E-state index in [4.69, 9.17) is 4.74 Å². The van der Waals surface area contributed by atoms with Crippen LogP contribution in [-0.2, 0) is 14.6 Å². The first-order valence-corrected chi connectivity index (χ1v) is 9.22. The van der Waals surface area contributed by atoms with E-state index in [2.05, 4.69) is 11.9 Å². The van der Waals surface area contributed by atoms with E-state index in [1.165, 1.54) is 6.08 Å². The van der Waals surface area contributed by atoms with Gasteiger partial charge in [-0.2, -0.15) is 5.26 Å². The van der Waals surface area contributed by atoms with Gasteiger partial charge in [0.25, 0.3) is 5.91 Å². The lowest BCUT2D eigenvalue weighted by atomic mass is 10.1. The monoisotopic (exact) mass is 346 g/mol. The molecule has 1 saturated heterocycles. The van der Waals surface area contributed by atoms with Crippen LogP contribution in [0.3, 0.4) is 0 Å². The van der Waals surface area contributed by atoms with Crippen molar-refractivity contribution in [3.05, 3.63) is 48.1 Å². The van der Waals surface area contributed by atoms with Crippen LogP contribution >= 0.6 is 0 Å². The zero-order chi connectivity index (χ0) is 17.6. The first-order valence-electron chi connectivity index (χ1n) is 7.40. The van der Waals surface area contributed by atoms with E-state index < -0.39 is 21.8 Å². The number of sulfone groups is 1. The Morgan fingerprint density at radius 1 is 1.42 bits per heavy atom. The summed E-state index contributed by atoms with van der Waals surface area (Å²) in [5.41, 5.74) is 0.603. The van der Waals surface area contributed by atoms with Gasteiger partial charge in [0.1, 0.15) is 24.0 Å². The van der Waals surface area contributed by atoms with E-state index in [1.54, 1.807) is 30.3 Å². The average molecular weight is 346 g/mol. The summed E-state index contributed by atoms with van der Waals surface area (Å²) < 4.78 is 28.2. The third-order valence-electron chi connectivity index (χ3n) is 3.49. The van der Waals surface area contributed by atoms with Gasteiger partial charge in [0.05, 0.1) is 11.5 Å². The number of nitriles is 1. The lowest BCUT2D eigenvalue weighted by Gasteiger charge is -2.10. The van der Waals surface area contributed by atoms with Crippen LogP contribution in [0.5, 0.6) is 5.75 Å². The van der Waals surface area contributed by atoms with Crippen molar-refractivity contribution in [3.63, 3.8) is 0 Å². The van der Waals surface area contributed by atoms with Gasteiger partial charge >= 0.3 is 0 Å². The summed E-state index contributed by atoms with van der Waals surface area (Å²) >= 11 is 0. The second-order valence-corrected chi connectivity index (χ2v) is 7.64. The van der Waals surface area contributed by atoms with E-state index in [1.807, 2.05) is 6.07 Å². The standard InChI is InChI=1S/C17H18N2O4S/c1-2-8-23-16-5-3-13(4-6-16)10-14(11-18)17(20)19-15-7-9-24(21,22)12-15/h2-6,10,15H,1,7-9,12H2,(H,19,20). The van der Waals surface area contributed by atoms with Crippen molar-refractivity contribution < 1.29 is 17.9 Å². The molecule has 1 aliphatic heterocycles. The summed E-state index contributed by atoms with van der Waals surface area (Å²) in [5.74, 6) is 0.0837. The van der Waals surface area contributed by atoms with Crippen LogP contribution in [-0.4, -0.2) is 38.5 Å². The lowest BCUT2D eigenvalue weighted by molar-refractivity contribution is -0.117. The van der Waals surface area contributed by atoms with Gasteiger partial charge in [0, 0.05) is 6.04 Å². The first kappa shape index (κ1) is 17.8. The minimum Gasteiger partial charge on any atom is -0.490 e. The van der Waals surface area contributed by atoms with Crippen molar-refractivity contribution in [1.82, 2.24) is 5.32 Å². The fraction of sp³-hybridized carbons (Fsp3) is 0.294. The van der Waals surface area contributed by atoms with E-state index in [9.17, 15) is 18.5 Å². The third kappa shape index (κ3) is 4.96. The highest BCUT2D eigenvalue weighted by Crippen LogP contribution is 2.16. The van der Waals surface area contributed by atoms with E-state index in [-0.39, 0.29) is 17.1 Å². The van der Waals surface area contributed by atoms with E-state index in [0.29, 0.717) is 24.3 Å². The predicted molar refractivity (Wildman–Crippen MR) is 90.9 cm³/mol. The largest absolute Gasteiger partial charge is 0.490 e. The fourth-order valence-corrected chi connectivity index (χ4v) is 3.98. The second-order valence-electron chi connectivity index (χ2n) is 5.41. The molecule has 0 saturated carbocycles. The zero-order valence-electron chi connectivity index (χ0n) is 13.1. The van der Waals surface area contributed by atoms with E-state index in [0.717, 1.165) is 0 Å². The molecule has 1 aliphatic rings. The SMILES string of the molecule is C=CCOc1ccc(C=C(C#N)C(=O)NC2CCS(=O)(=O)C2)cc1. The van der Waals surface area contributed by atoms with Gasteiger partial charge in [-0.1, -0.05) is 24.8 Å². The normalized spacial score (nSPS) is 19.3. The minimum atomic E-state index is -3.08. The summed E-state index contributed by atoms with van der Waals surface area (Å²) in [5, 5.41) is 11.8. The van der Waals surface area contributed by atoms with Gasteiger partial charge in [-0.3, -0.25) is 4.79 Å². The molecule has 1 heterocycles. The molecule has 0 aliphatic carbocycles. The number of ether oxygens (including phenoxy) is 1. The number of hydrogen-bond donors (Lipinski definition) is 1. The number of carbonyl (C=O) groups excluding carboxylic acids is 1. The Kier molecular flexibility index (Phi) is 5.77. The molecule has 1 aromatic carbocycles. The number of amides is 1. The van der Waals surface area contributed by atoms with Crippen molar-refractivity contribution in [2.75, 3.05) is 18.1 Å². The molecule has 1 unspecified atom stereocenters. The molecule has 0 bridgehead atoms. The molecule has 0 spiro atoms. The molecule has 24 heavy (non-hydrogen) atoms. The molecule has 1 fully saturated rings. The van der Waals surface area contributed by atoms with Crippen molar-refractivity contribution >= 4 is 21.8 Å². The van der Waals surface area contributed by atoms with Crippen molar-refractivity contribution in [2.24, 2.45) is 0 Å². The fourth-order valence-electron chi connectivity index (χ4n) is 2.30. The Hall–Kier alpha value is -2.59. The summed E-state index contributed by atoms with van der Waals surface area (Å²) in [6, 6.07) is 8.32. The van der Waals surface area contributed by atoms with Crippen molar-refractivity contribution in [2.45, 2.75) is 12.5 Å². The molecule has 126 valence electrons. The third-order valence-corrected chi connectivity index (χ3v) is 5.26. The van der Waals surface area contributed by atoms with Gasteiger partial charge in [0.15, 0.2) is 9.84 Å². The topological polar surface area (TPSA) is 96.3 Å². The quantitative estimate of drug-likeness (QED) is 0.478. The van der Waals surface area contributed by atoms with Crippen LogP contribution in [0, 0.1) is 11.3 Å². The molecule has 1 aromatic rings. The van der Waals surface area contributed by atoms with Crippen LogP contribution in [0.25, 0.3) is 6.08 Å². The van der Waals surface area contributed by atoms with Crippen LogP contribution in [0.1, 0.15) is 12.0 Å². The van der Waals surface area contributed by atoms with Crippen LogP contribution in [0.4, 0.5) is 0 Å². The van der Waals surface area contributed by atoms with Gasteiger partial charge in [-0.15, -0.1) is 0 Å². The first-order chi connectivity index (χ1) is 11.4. The molecule has 1 atom stereocenters. The number of rotatable bonds is 6.